The normalized spacial score (nSPS) is 14.1. The van der Waals surface area contributed by atoms with Crippen molar-refractivity contribution in [3.05, 3.63) is 96.1 Å². The first-order valence-electron chi connectivity index (χ1n) is 10.2. The Morgan fingerprint density at radius 2 is 1.64 bits per heavy atom. The molecule has 0 spiro atoms. The number of aromatic nitrogens is 3. The van der Waals surface area contributed by atoms with E-state index < -0.39 is 24.1 Å². The fourth-order valence-electron chi connectivity index (χ4n) is 4.10. The van der Waals surface area contributed by atoms with Gasteiger partial charge in [-0.3, -0.25) is 0 Å². The summed E-state index contributed by atoms with van der Waals surface area (Å²) in [5, 5.41) is 16.5. The van der Waals surface area contributed by atoms with E-state index in [0.29, 0.717) is 22.1 Å². The predicted octanol–water partition coefficient (Wildman–Crippen LogP) is 5.88. The Bertz CT molecular complexity index is 1470. The van der Waals surface area contributed by atoms with Crippen LogP contribution < -0.4 is 0 Å². The van der Waals surface area contributed by atoms with E-state index >= 15 is 0 Å². The third kappa shape index (κ3) is 3.56. The standard InChI is InChI=1S/C25H19F4N3O/c1-16-2-3-17-10-11-31(23(17)12-16)15-24(33,25(27,28)29)19-4-9-22-18(13-19)14-30-32(22)21-7-5-20(26)6-8-21/h2-14,33H,15H2,1H3. The van der Waals surface area contributed by atoms with E-state index in [4.69, 9.17) is 0 Å². The molecule has 0 radical (unpaired) electrons. The summed E-state index contributed by atoms with van der Waals surface area (Å²) in [4.78, 5) is 0. The van der Waals surface area contributed by atoms with Gasteiger partial charge in [0.25, 0.3) is 0 Å². The van der Waals surface area contributed by atoms with Crippen molar-refractivity contribution >= 4 is 21.8 Å². The molecule has 33 heavy (non-hydrogen) atoms. The summed E-state index contributed by atoms with van der Waals surface area (Å²) >= 11 is 0. The van der Waals surface area contributed by atoms with Crippen LogP contribution in [0.2, 0.25) is 0 Å². The topological polar surface area (TPSA) is 43.0 Å². The number of alkyl halides is 3. The van der Waals surface area contributed by atoms with Crippen LogP contribution in [0.25, 0.3) is 27.5 Å². The van der Waals surface area contributed by atoms with Crippen LogP contribution in [0, 0.1) is 12.7 Å². The summed E-state index contributed by atoms with van der Waals surface area (Å²) in [7, 11) is 0. The van der Waals surface area contributed by atoms with Crippen molar-refractivity contribution < 1.29 is 22.7 Å². The van der Waals surface area contributed by atoms with Crippen molar-refractivity contribution in [2.45, 2.75) is 25.2 Å². The fraction of sp³-hybridized carbons (Fsp3) is 0.160. The van der Waals surface area contributed by atoms with Crippen LogP contribution in [-0.2, 0) is 12.1 Å². The van der Waals surface area contributed by atoms with E-state index in [1.807, 2.05) is 19.1 Å². The summed E-state index contributed by atoms with van der Waals surface area (Å²) in [6, 6.07) is 16.9. The predicted molar refractivity (Wildman–Crippen MR) is 118 cm³/mol. The van der Waals surface area contributed by atoms with Crippen molar-refractivity contribution in [3.8, 4) is 5.69 Å². The lowest BCUT2D eigenvalue weighted by Crippen LogP contribution is -2.45. The first-order valence-corrected chi connectivity index (χ1v) is 10.2. The molecule has 0 aliphatic rings. The van der Waals surface area contributed by atoms with Crippen LogP contribution in [0.1, 0.15) is 11.1 Å². The molecule has 0 fully saturated rings. The zero-order valence-corrected chi connectivity index (χ0v) is 17.5. The van der Waals surface area contributed by atoms with Crippen LogP contribution in [-0.4, -0.2) is 25.6 Å². The maximum atomic E-state index is 14.2. The van der Waals surface area contributed by atoms with Crippen molar-refractivity contribution in [2.24, 2.45) is 0 Å². The second kappa shape index (κ2) is 7.45. The number of hydrogen-bond acceptors (Lipinski definition) is 2. The quantitative estimate of drug-likeness (QED) is 0.346. The maximum absolute atomic E-state index is 14.2. The van der Waals surface area contributed by atoms with Gasteiger partial charge in [0.15, 0.2) is 0 Å². The van der Waals surface area contributed by atoms with E-state index in [1.165, 1.54) is 57.9 Å². The van der Waals surface area contributed by atoms with Crippen molar-refractivity contribution in [3.63, 3.8) is 0 Å². The molecule has 1 N–H and O–H groups in total. The van der Waals surface area contributed by atoms with E-state index in [0.717, 1.165) is 10.9 Å². The molecule has 0 aliphatic heterocycles. The zero-order valence-electron chi connectivity index (χ0n) is 17.5. The van der Waals surface area contributed by atoms with Gasteiger partial charge in [-0.1, -0.05) is 18.2 Å². The molecule has 0 amide bonds. The first-order chi connectivity index (χ1) is 15.7. The summed E-state index contributed by atoms with van der Waals surface area (Å²) in [6.07, 6.45) is -1.95. The number of aliphatic hydroxyl groups is 1. The van der Waals surface area contributed by atoms with E-state index in [-0.39, 0.29) is 5.56 Å². The van der Waals surface area contributed by atoms with Gasteiger partial charge < -0.3 is 9.67 Å². The molecule has 1 atom stereocenters. The molecule has 3 aromatic carbocycles. The molecule has 168 valence electrons. The number of nitrogens with zero attached hydrogens (tertiary/aromatic N) is 3. The van der Waals surface area contributed by atoms with Crippen molar-refractivity contribution in [1.29, 1.82) is 0 Å². The molecular formula is C25H19F4N3O. The van der Waals surface area contributed by atoms with E-state index in [1.54, 1.807) is 18.3 Å². The number of hydrogen-bond donors (Lipinski definition) is 1. The minimum Gasteiger partial charge on any atom is -0.375 e. The highest BCUT2D eigenvalue weighted by Crippen LogP contribution is 2.42. The molecule has 5 rings (SSSR count). The highest BCUT2D eigenvalue weighted by Gasteiger charge is 2.55. The van der Waals surface area contributed by atoms with Gasteiger partial charge in [0, 0.05) is 17.1 Å². The third-order valence-corrected chi connectivity index (χ3v) is 5.91. The molecule has 2 aromatic heterocycles. The Labute approximate surface area is 186 Å². The summed E-state index contributed by atoms with van der Waals surface area (Å²) in [6.45, 7) is 1.17. The monoisotopic (exact) mass is 453 g/mol. The van der Waals surface area contributed by atoms with Crippen LogP contribution in [0.3, 0.4) is 0 Å². The number of benzene rings is 3. The second-order valence-electron chi connectivity index (χ2n) is 8.17. The summed E-state index contributed by atoms with van der Waals surface area (Å²) < 4.78 is 58.9. The van der Waals surface area contributed by atoms with Gasteiger partial charge in [0.05, 0.1) is 23.9 Å². The highest BCUT2D eigenvalue weighted by atomic mass is 19.4. The lowest BCUT2D eigenvalue weighted by atomic mass is 9.91. The number of rotatable bonds is 4. The Morgan fingerprint density at radius 1 is 0.879 bits per heavy atom. The Hall–Kier alpha value is -3.65. The zero-order chi connectivity index (χ0) is 23.4. The molecule has 0 saturated heterocycles. The van der Waals surface area contributed by atoms with Crippen LogP contribution in [0.5, 0.6) is 0 Å². The molecule has 5 aromatic rings. The van der Waals surface area contributed by atoms with Gasteiger partial charge in [0.1, 0.15) is 5.82 Å². The Morgan fingerprint density at radius 3 is 2.36 bits per heavy atom. The molecule has 0 bridgehead atoms. The Kier molecular flexibility index (Phi) is 4.79. The smallest absolute Gasteiger partial charge is 0.375 e. The minimum atomic E-state index is -4.92. The first kappa shape index (κ1) is 21.2. The number of fused-ring (bicyclic) bond motifs is 2. The third-order valence-electron chi connectivity index (χ3n) is 5.91. The summed E-state index contributed by atoms with van der Waals surface area (Å²) in [5.41, 5.74) is -0.767. The highest BCUT2D eigenvalue weighted by molar-refractivity contribution is 5.82. The van der Waals surface area contributed by atoms with Gasteiger partial charge >= 0.3 is 6.18 Å². The van der Waals surface area contributed by atoms with E-state index in [9.17, 15) is 22.7 Å². The van der Waals surface area contributed by atoms with E-state index in [2.05, 4.69) is 5.10 Å². The van der Waals surface area contributed by atoms with Crippen LogP contribution in [0.15, 0.2) is 79.1 Å². The molecule has 1 unspecified atom stereocenters. The molecular weight excluding hydrogens is 434 g/mol. The lowest BCUT2D eigenvalue weighted by Gasteiger charge is -2.32. The maximum Gasteiger partial charge on any atom is 0.423 e. The summed E-state index contributed by atoms with van der Waals surface area (Å²) in [5.74, 6) is -0.402. The molecule has 0 saturated carbocycles. The largest absolute Gasteiger partial charge is 0.423 e. The minimum absolute atomic E-state index is 0.282. The van der Waals surface area contributed by atoms with Crippen LogP contribution in [0.4, 0.5) is 17.6 Å². The molecule has 2 heterocycles. The van der Waals surface area contributed by atoms with Gasteiger partial charge in [-0.2, -0.15) is 18.3 Å². The molecule has 0 aliphatic carbocycles. The number of aryl methyl sites for hydroxylation is 1. The molecule has 4 nitrogen and oxygen atoms in total. The van der Waals surface area contributed by atoms with Crippen molar-refractivity contribution in [1.82, 2.24) is 14.3 Å². The number of halogens is 4. The molecule has 8 heteroatoms. The van der Waals surface area contributed by atoms with Gasteiger partial charge in [-0.25, -0.2) is 9.07 Å². The lowest BCUT2D eigenvalue weighted by molar-refractivity contribution is -0.271. The van der Waals surface area contributed by atoms with Gasteiger partial charge in [-0.05, 0) is 72.0 Å². The van der Waals surface area contributed by atoms with Gasteiger partial charge in [-0.15, -0.1) is 0 Å². The fourth-order valence-corrected chi connectivity index (χ4v) is 4.10. The van der Waals surface area contributed by atoms with Crippen molar-refractivity contribution in [2.75, 3.05) is 0 Å². The second-order valence-corrected chi connectivity index (χ2v) is 8.17. The average molecular weight is 453 g/mol. The van der Waals surface area contributed by atoms with Crippen LogP contribution >= 0.6 is 0 Å². The Balaban J connectivity index is 1.59. The van der Waals surface area contributed by atoms with Gasteiger partial charge in [0.2, 0.25) is 5.60 Å². The average Bonchev–Trinajstić information content (AvgIpc) is 3.37. The SMILES string of the molecule is Cc1ccc2ccn(CC(O)(c3ccc4c(cnn4-c4ccc(F)cc4)c3)C(F)(F)F)c2c1.